The number of nitrogens with zero attached hydrogens (tertiary/aromatic N) is 2. The number of nitrogens with one attached hydrogen (secondary N) is 1. The lowest BCUT2D eigenvalue weighted by Crippen LogP contribution is -2.33. The molecule has 0 radical (unpaired) electrons. The van der Waals surface area contributed by atoms with Gasteiger partial charge in [0.15, 0.2) is 11.5 Å². The molecule has 0 bridgehead atoms. The Labute approximate surface area is 232 Å². The summed E-state index contributed by atoms with van der Waals surface area (Å²) < 4.78 is 19.2. The molecule has 0 saturated carbocycles. The van der Waals surface area contributed by atoms with E-state index in [1.54, 1.807) is 14.2 Å². The van der Waals surface area contributed by atoms with Crippen LogP contribution in [0, 0.1) is 0 Å². The standard InChI is InChI=1S/C32H31N3O5/c1-19(36)35-18-25-31(32(35)37)29(23-17-34(2)26-7-5-6-24(33-25)30(23)26)21-10-13-27(28(16-21)39-4)40-15-14-20-8-11-22(38-3)12-9-20/h5-13,16-17,29,33H,14-15,18H2,1-4H3/t29-/m0/s1. The lowest BCUT2D eigenvalue weighted by molar-refractivity contribution is -0.139. The maximum Gasteiger partial charge on any atom is 0.259 e. The van der Waals surface area contributed by atoms with Crippen LogP contribution in [0.3, 0.4) is 0 Å². The summed E-state index contributed by atoms with van der Waals surface area (Å²) in [6, 6.07) is 19.8. The minimum atomic E-state index is -0.394. The molecule has 1 atom stereocenters. The number of hydrogen-bond acceptors (Lipinski definition) is 6. The maximum atomic E-state index is 13.7. The first kappa shape index (κ1) is 25.6. The van der Waals surface area contributed by atoms with Gasteiger partial charge in [0.05, 0.1) is 38.5 Å². The molecular weight excluding hydrogens is 506 g/mol. The molecule has 0 aliphatic carbocycles. The van der Waals surface area contributed by atoms with Crippen molar-refractivity contribution in [2.75, 3.05) is 32.7 Å². The van der Waals surface area contributed by atoms with Gasteiger partial charge in [-0.1, -0.05) is 24.3 Å². The van der Waals surface area contributed by atoms with Crippen molar-refractivity contribution in [3.8, 4) is 17.2 Å². The molecule has 3 heterocycles. The number of benzene rings is 3. The van der Waals surface area contributed by atoms with Crippen LogP contribution in [-0.4, -0.2) is 48.7 Å². The fraction of sp³-hybridized carbons (Fsp3) is 0.250. The zero-order valence-electron chi connectivity index (χ0n) is 23.0. The van der Waals surface area contributed by atoms with Gasteiger partial charge in [0.2, 0.25) is 5.91 Å². The van der Waals surface area contributed by atoms with Crippen LogP contribution in [0.25, 0.3) is 10.9 Å². The summed E-state index contributed by atoms with van der Waals surface area (Å²) in [5.41, 5.74) is 6.34. The van der Waals surface area contributed by atoms with Crippen molar-refractivity contribution in [2.24, 2.45) is 7.05 Å². The molecular formula is C32H31N3O5. The van der Waals surface area contributed by atoms with Gasteiger partial charge in [-0.25, -0.2) is 0 Å². The van der Waals surface area contributed by atoms with Crippen LogP contribution in [0.2, 0.25) is 0 Å². The Bertz CT molecular complexity index is 1670. The quantitative estimate of drug-likeness (QED) is 0.357. The van der Waals surface area contributed by atoms with E-state index in [4.69, 9.17) is 14.2 Å². The minimum absolute atomic E-state index is 0.219. The summed E-state index contributed by atoms with van der Waals surface area (Å²) in [6.07, 6.45) is 2.81. The second kappa shape index (κ2) is 10.1. The van der Waals surface area contributed by atoms with E-state index in [9.17, 15) is 9.59 Å². The molecule has 2 aliphatic heterocycles. The van der Waals surface area contributed by atoms with Crippen molar-refractivity contribution in [3.63, 3.8) is 0 Å². The zero-order chi connectivity index (χ0) is 28.0. The van der Waals surface area contributed by atoms with Gasteiger partial charge in [-0.05, 0) is 53.1 Å². The highest BCUT2D eigenvalue weighted by Crippen LogP contribution is 2.47. The van der Waals surface area contributed by atoms with E-state index in [1.807, 2.05) is 61.6 Å². The maximum absolute atomic E-state index is 13.7. The van der Waals surface area contributed by atoms with Crippen molar-refractivity contribution in [1.29, 1.82) is 0 Å². The smallest absolute Gasteiger partial charge is 0.259 e. The van der Waals surface area contributed by atoms with E-state index in [0.29, 0.717) is 23.7 Å². The van der Waals surface area contributed by atoms with Crippen LogP contribution in [0.4, 0.5) is 5.69 Å². The molecule has 8 heteroatoms. The molecule has 0 spiro atoms. The number of imide groups is 1. The monoisotopic (exact) mass is 537 g/mol. The highest BCUT2D eigenvalue weighted by molar-refractivity contribution is 6.11. The van der Waals surface area contributed by atoms with Crippen LogP contribution in [0.1, 0.15) is 29.5 Å². The molecule has 1 N–H and O–H groups in total. The number of amides is 2. The third-order valence-electron chi connectivity index (χ3n) is 7.75. The minimum Gasteiger partial charge on any atom is -0.497 e. The van der Waals surface area contributed by atoms with Crippen molar-refractivity contribution in [2.45, 2.75) is 19.3 Å². The van der Waals surface area contributed by atoms with E-state index < -0.39 is 5.92 Å². The normalized spacial score (nSPS) is 16.1. The van der Waals surface area contributed by atoms with Crippen molar-refractivity contribution >= 4 is 28.4 Å². The lowest BCUT2D eigenvalue weighted by Gasteiger charge is -2.21. The fourth-order valence-electron chi connectivity index (χ4n) is 5.77. The average molecular weight is 538 g/mol. The van der Waals surface area contributed by atoms with Crippen LogP contribution >= 0.6 is 0 Å². The number of hydrogen-bond donors (Lipinski definition) is 1. The first-order chi connectivity index (χ1) is 19.4. The molecule has 4 aromatic rings. The number of ether oxygens (including phenoxy) is 3. The molecule has 2 aliphatic rings. The summed E-state index contributed by atoms with van der Waals surface area (Å²) in [5, 5.41) is 4.55. The predicted octanol–water partition coefficient (Wildman–Crippen LogP) is 5.02. The number of anilines is 1. The van der Waals surface area contributed by atoms with Crippen LogP contribution < -0.4 is 19.5 Å². The Balaban J connectivity index is 1.37. The molecule has 0 saturated heterocycles. The molecule has 204 valence electrons. The molecule has 8 nitrogen and oxygen atoms in total. The first-order valence-corrected chi connectivity index (χ1v) is 13.2. The number of carbonyl (C=O) groups is 2. The number of rotatable bonds is 7. The third kappa shape index (κ3) is 4.25. The van der Waals surface area contributed by atoms with Gasteiger partial charge < -0.3 is 24.1 Å². The molecule has 1 aromatic heterocycles. The van der Waals surface area contributed by atoms with E-state index >= 15 is 0 Å². The van der Waals surface area contributed by atoms with E-state index in [2.05, 4.69) is 22.1 Å². The SMILES string of the molecule is COc1ccc(CCOc2ccc([C@@H]3C4=C(CN(C(C)=O)C4=O)Nc4cccc5c4c3cn5C)cc2OC)cc1. The van der Waals surface area contributed by atoms with Crippen LogP contribution in [-0.2, 0) is 23.1 Å². The second-order valence-electron chi connectivity index (χ2n) is 10.1. The largest absolute Gasteiger partial charge is 0.497 e. The number of aromatic nitrogens is 1. The Kier molecular flexibility index (Phi) is 6.46. The van der Waals surface area contributed by atoms with Crippen LogP contribution in [0.15, 0.2) is 78.1 Å². The zero-order valence-corrected chi connectivity index (χ0v) is 23.0. The van der Waals surface area contributed by atoms with Gasteiger partial charge in [0.1, 0.15) is 5.75 Å². The molecule has 3 aromatic carbocycles. The number of aryl methyl sites for hydroxylation is 1. The number of carbonyl (C=O) groups excluding carboxylic acids is 2. The summed E-state index contributed by atoms with van der Waals surface area (Å²) in [7, 11) is 5.27. The van der Waals surface area contributed by atoms with E-state index in [0.717, 1.165) is 51.1 Å². The van der Waals surface area contributed by atoms with Crippen molar-refractivity contribution in [1.82, 2.24) is 9.47 Å². The van der Waals surface area contributed by atoms with Gasteiger partial charge >= 0.3 is 0 Å². The summed E-state index contributed by atoms with van der Waals surface area (Å²) in [4.78, 5) is 27.3. The van der Waals surface area contributed by atoms with Crippen molar-refractivity contribution < 1.29 is 23.8 Å². The molecule has 2 amide bonds. The van der Waals surface area contributed by atoms with Gasteiger partial charge in [0.25, 0.3) is 5.91 Å². The Hall–Kier alpha value is -4.72. The summed E-state index contributed by atoms with van der Waals surface area (Å²) >= 11 is 0. The molecule has 0 unspecified atom stereocenters. The molecule has 6 rings (SSSR count). The molecule has 40 heavy (non-hydrogen) atoms. The Morgan fingerprint density at radius 2 is 1.82 bits per heavy atom. The second-order valence-corrected chi connectivity index (χ2v) is 10.1. The van der Waals surface area contributed by atoms with Crippen LogP contribution in [0.5, 0.6) is 17.2 Å². The highest BCUT2D eigenvalue weighted by atomic mass is 16.5. The predicted molar refractivity (Wildman–Crippen MR) is 153 cm³/mol. The van der Waals surface area contributed by atoms with E-state index in [1.165, 1.54) is 11.8 Å². The van der Waals surface area contributed by atoms with Crippen molar-refractivity contribution in [3.05, 3.63) is 94.8 Å². The summed E-state index contributed by atoms with van der Waals surface area (Å²) in [5.74, 6) is 1.09. The number of methoxy groups -OCH3 is 2. The lowest BCUT2D eigenvalue weighted by atomic mass is 9.84. The van der Waals surface area contributed by atoms with Gasteiger partial charge in [-0.15, -0.1) is 0 Å². The summed E-state index contributed by atoms with van der Waals surface area (Å²) in [6.45, 7) is 2.12. The molecule has 0 fully saturated rings. The third-order valence-corrected chi connectivity index (χ3v) is 7.75. The van der Waals surface area contributed by atoms with E-state index in [-0.39, 0.29) is 18.4 Å². The highest BCUT2D eigenvalue weighted by Gasteiger charge is 2.41. The average Bonchev–Trinajstić information content (AvgIpc) is 3.42. The fourth-order valence-corrected chi connectivity index (χ4v) is 5.77. The van der Waals surface area contributed by atoms with Gasteiger partial charge in [0, 0.05) is 49.3 Å². The topological polar surface area (TPSA) is 82.0 Å². The first-order valence-electron chi connectivity index (χ1n) is 13.2. The Morgan fingerprint density at radius 1 is 1.02 bits per heavy atom. The van der Waals surface area contributed by atoms with Gasteiger partial charge in [-0.3, -0.25) is 14.5 Å². The van der Waals surface area contributed by atoms with Gasteiger partial charge in [-0.2, -0.15) is 0 Å². The Morgan fingerprint density at radius 3 is 2.55 bits per heavy atom.